The summed E-state index contributed by atoms with van der Waals surface area (Å²) in [6.45, 7) is -0.701. The van der Waals surface area contributed by atoms with E-state index in [1.54, 1.807) is 73.7 Å². The molecule has 3 aromatic rings. The summed E-state index contributed by atoms with van der Waals surface area (Å²) in [7, 11) is 3.46. The zero-order valence-corrected chi connectivity index (χ0v) is 24.1. The van der Waals surface area contributed by atoms with Gasteiger partial charge < -0.3 is 20.9 Å². The first-order valence-corrected chi connectivity index (χ1v) is 13.5. The van der Waals surface area contributed by atoms with Crippen LogP contribution in [0, 0.1) is 5.41 Å². The number of amides is 3. The Hall–Kier alpha value is -4.75. The van der Waals surface area contributed by atoms with Crippen LogP contribution in [0.25, 0.3) is 5.69 Å². The lowest BCUT2D eigenvalue weighted by atomic mass is 10.0. The van der Waals surface area contributed by atoms with Crippen molar-refractivity contribution >= 4 is 52.3 Å². The minimum Gasteiger partial charge on any atom is -0.393 e. The third-order valence-corrected chi connectivity index (χ3v) is 7.04. The highest BCUT2D eigenvalue weighted by Gasteiger charge is 2.39. The Labute approximate surface area is 250 Å². The van der Waals surface area contributed by atoms with Crippen molar-refractivity contribution in [1.29, 1.82) is 5.41 Å². The van der Waals surface area contributed by atoms with E-state index < -0.39 is 23.8 Å². The van der Waals surface area contributed by atoms with Crippen molar-refractivity contribution in [2.24, 2.45) is 7.05 Å². The Bertz CT molecular complexity index is 1670. The van der Waals surface area contributed by atoms with Gasteiger partial charge >= 0.3 is 0 Å². The molecule has 0 radical (unpaired) electrons. The zero-order valence-electron chi connectivity index (χ0n) is 22.6. The van der Waals surface area contributed by atoms with Crippen molar-refractivity contribution in [3.05, 3.63) is 88.2 Å². The minimum absolute atomic E-state index is 0.0809. The Kier molecular flexibility index (Phi) is 8.22. The fourth-order valence-corrected chi connectivity index (χ4v) is 4.95. The topological polar surface area (TPSA) is 154 Å². The molecular formula is C27H26Cl2N10O3. The third-order valence-electron chi connectivity index (χ3n) is 6.63. The number of allylic oxidation sites excluding steroid dienone is 4. The van der Waals surface area contributed by atoms with Gasteiger partial charge in [0.25, 0.3) is 0 Å². The first-order valence-electron chi connectivity index (χ1n) is 12.8. The molecule has 1 unspecified atom stereocenters. The highest BCUT2D eigenvalue weighted by molar-refractivity contribution is 6.31. The van der Waals surface area contributed by atoms with Crippen LogP contribution in [0.5, 0.6) is 0 Å². The minimum atomic E-state index is -1.04. The second kappa shape index (κ2) is 12.0. The summed E-state index contributed by atoms with van der Waals surface area (Å²) >= 11 is 12.2. The largest absolute Gasteiger partial charge is 0.393 e. The van der Waals surface area contributed by atoms with Gasteiger partial charge in [0.1, 0.15) is 19.1 Å². The van der Waals surface area contributed by atoms with Gasteiger partial charge in [-0.05, 0) is 42.5 Å². The molecule has 2 aromatic heterocycles. The molecule has 0 spiro atoms. The van der Waals surface area contributed by atoms with Crippen molar-refractivity contribution in [2.45, 2.75) is 12.5 Å². The first kappa shape index (κ1) is 28.8. The summed E-state index contributed by atoms with van der Waals surface area (Å²) in [6.07, 6.45) is 9.74. The molecule has 1 aliphatic heterocycles. The van der Waals surface area contributed by atoms with E-state index in [0.717, 1.165) is 0 Å². The molecule has 2 aliphatic rings. The molecular weight excluding hydrogens is 583 g/mol. The van der Waals surface area contributed by atoms with E-state index in [1.807, 2.05) is 0 Å². The molecule has 15 heteroatoms. The molecule has 42 heavy (non-hydrogen) atoms. The molecule has 0 saturated carbocycles. The lowest BCUT2D eigenvalue weighted by Crippen LogP contribution is -2.60. The van der Waals surface area contributed by atoms with Crippen molar-refractivity contribution < 1.29 is 14.4 Å². The number of nitrogens with zero attached hydrogens (tertiary/aromatic N) is 7. The maximum atomic E-state index is 13.7. The molecule has 3 heterocycles. The van der Waals surface area contributed by atoms with Gasteiger partial charge in [0.2, 0.25) is 17.7 Å². The van der Waals surface area contributed by atoms with Crippen molar-refractivity contribution in [1.82, 2.24) is 40.3 Å². The molecule has 13 nitrogen and oxygen atoms in total. The Morgan fingerprint density at radius 1 is 1.14 bits per heavy atom. The van der Waals surface area contributed by atoms with Crippen molar-refractivity contribution in [2.75, 3.05) is 25.0 Å². The molecule has 0 bridgehead atoms. The van der Waals surface area contributed by atoms with Crippen LogP contribution in [-0.4, -0.2) is 79.3 Å². The van der Waals surface area contributed by atoms with E-state index in [2.05, 4.69) is 26.0 Å². The summed E-state index contributed by atoms with van der Waals surface area (Å²) < 4.78 is 2.98. The standard InChI is InChI=1S/C27H26Cl2N10O3/c1-31-12-16-9-18(4-5-20(16)30)32-27(42)23(11-19-7-8-36(2)34-19)38-15-25(40)37(14-26(38)41)22-10-17(28)3-6-21(22)39-13-24(29)33-35-39/h3-10,12-13,23,30-31H,11,14-15H2,1-2H3,(H,32,42)/b16-12-,30-20?. The maximum Gasteiger partial charge on any atom is 0.247 e. The molecule has 216 valence electrons. The molecule has 1 fully saturated rings. The summed E-state index contributed by atoms with van der Waals surface area (Å²) in [4.78, 5) is 43.5. The van der Waals surface area contributed by atoms with Crippen LogP contribution >= 0.6 is 23.2 Å². The second-order valence-corrected chi connectivity index (χ2v) is 10.4. The van der Waals surface area contributed by atoms with Gasteiger partial charge in [-0.25, -0.2) is 4.68 Å². The van der Waals surface area contributed by atoms with Gasteiger partial charge in [-0.2, -0.15) is 5.10 Å². The highest BCUT2D eigenvalue weighted by Crippen LogP contribution is 2.30. The van der Waals surface area contributed by atoms with Gasteiger partial charge in [-0.1, -0.05) is 28.4 Å². The Balaban J connectivity index is 1.43. The van der Waals surface area contributed by atoms with Crippen LogP contribution in [0.4, 0.5) is 5.69 Å². The number of carbonyl (C=O) groups is 3. The van der Waals surface area contributed by atoms with Gasteiger partial charge in [0.05, 0.1) is 29.0 Å². The number of nitrogens with one attached hydrogen (secondary N) is 3. The van der Waals surface area contributed by atoms with Crippen LogP contribution in [0.1, 0.15) is 5.69 Å². The summed E-state index contributed by atoms with van der Waals surface area (Å²) in [5, 5.41) is 26.4. The number of carbonyl (C=O) groups excluding carboxylic acids is 3. The molecule has 1 aromatic carbocycles. The van der Waals surface area contributed by atoms with E-state index in [-0.39, 0.29) is 30.4 Å². The number of anilines is 1. The monoisotopic (exact) mass is 608 g/mol. The Morgan fingerprint density at radius 2 is 1.95 bits per heavy atom. The van der Waals surface area contributed by atoms with Gasteiger partial charge in [0.15, 0.2) is 5.15 Å². The number of hydrogen-bond acceptors (Lipinski definition) is 8. The predicted molar refractivity (Wildman–Crippen MR) is 156 cm³/mol. The van der Waals surface area contributed by atoms with Crippen LogP contribution in [0.15, 0.2) is 72.4 Å². The first-order chi connectivity index (χ1) is 20.1. The summed E-state index contributed by atoms with van der Waals surface area (Å²) in [5.41, 5.74) is 2.65. The number of benzene rings is 1. The third kappa shape index (κ3) is 6.11. The quantitative estimate of drug-likeness (QED) is 0.352. The average molecular weight is 609 g/mol. The second-order valence-electron chi connectivity index (χ2n) is 9.55. The van der Waals surface area contributed by atoms with Crippen LogP contribution in [0.2, 0.25) is 10.2 Å². The van der Waals surface area contributed by atoms with E-state index in [0.29, 0.717) is 33.4 Å². The fraction of sp³-hybridized carbons (Fsp3) is 0.222. The summed E-state index contributed by atoms with van der Waals surface area (Å²) in [5.74, 6) is -1.37. The molecule has 5 rings (SSSR count). The summed E-state index contributed by atoms with van der Waals surface area (Å²) in [6, 6.07) is 5.53. The van der Waals surface area contributed by atoms with Gasteiger partial charge in [0, 0.05) is 49.2 Å². The van der Waals surface area contributed by atoms with Crippen molar-refractivity contribution in [3.8, 4) is 5.69 Å². The maximum absolute atomic E-state index is 13.7. The molecule has 3 amide bonds. The fourth-order valence-electron chi connectivity index (χ4n) is 4.66. The number of aryl methyl sites for hydroxylation is 1. The highest BCUT2D eigenvalue weighted by atomic mass is 35.5. The molecule has 1 aliphatic carbocycles. The van der Waals surface area contributed by atoms with Gasteiger partial charge in [-0.15, -0.1) is 5.10 Å². The number of aromatic nitrogens is 5. The van der Waals surface area contributed by atoms with E-state index in [4.69, 9.17) is 28.6 Å². The lowest BCUT2D eigenvalue weighted by Gasteiger charge is -2.38. The van der Waals surface area contributed by atoms with Crippen LogP contribution in [0.3, 0.4) is 0 Å². The number of rotatable bonds is 8. The van der Waals surface area contributed by atoms with Crippen molar-refractivity contribution in [3.63, 3.8) is 0 Å². The number of piperazine rings is 1. The molecule has 3 N–H and O–H groups in total. The van der Waals surface area contributed by atoms with Crippen LogP contribution < -0.4 is 15.5 Å². The lowest BCUT2D eigenvalue weighted by molar-refractivity contribution is -0.145. The zero-order chi connectivity index (χ0) is 30.0. The normalized spacial score (nSPS) is 17.1. The molecule has 1 atom stereocenters. The van der Waals surface area contributed by atoms with E-state index in [1.165, 1.54) is 20.7 Å². The average Bonchev–Trinajstić information content (AvgIpc) is 3.57. The SMILES string of the molecule is CN/C=C1/C=C(NC(=O)C(Cc2ccn(C)n2)N2CC(=O)N(c3cc(Cl)ccc3-n3cc(Cl)nn3)CC2=O)C=CC1=N. The number of halogens is 2. The van der Waals surface area contributed by atoms with Gasteiger partial charge in [-0.3, -0.25) is 24.0 Å². The number of hydrogen-bond donors (Lipinski definition) is 3. The smallest absolute Gasteiger partial charge is 0.247 e. The predicted octanol–water partition coefficient (Wildman–Crippen LogP) is 1.79. The van der Waals surface area contributed by atoms with Crippen LogP contribution in [-0.2, 0) is 27.9 Å². The molecule has 1 saturated heterocycles. The van der Waals surface area contributed by atoms with E-state index in [9.17, 15) is 14.4 Å². The Morgan fingerprint density at radius 3 is 2.64 bits per heavy atom. The van der Waals surface area contributed by atoms with E-state index >= 15 is 0 Å².